The summed E-state index contributed by atoms with van der Waals surface area (Å²) in [4.78, 5) is 10.8. The van der Waals surface area contributed by atoms with E-state index in [9.17, 15) is 4.79 Å². The van der Waals surface area contributed by atoms with E-state index in [1.807, 2.05) is 18.2 Å². The van der Waals surface area contributed by atoms with Gasteiger partial charge in [0.25, 0.3) is 0 Å². The average Bonchev–Trinajstić information content (AvgIpc) is 2.08. The number of benzene rings is 1. The summed E-state index contributed by atoms with van der Waals surface area (Å²) in [5.74, 6) is -0.0510. The Hall–Kier alpha value is -0.830. The third-order valence-electron chi connectivity index (χ3n) is 1.75. The van der Waals surface area contributed by atoms with Crippen molar-refractivity contribution in [3.05, 3.63) is 28.2 Å². The molecular formula is C10H12BrNO. The summed E-state index contributed by atoms with van der Waals surface area (Å²) in [6.07, 6.45) is 0.999. The van der Waals surface area contributed by atoms with Crippen LogP contribution in [0.2, 0.25) is 0 Å². The van der Waals surface area contributed by atoms with Gasteiger partial charge in [0.1, 0.15) is 0 Å². The number of hydrogen-bond donors (Lipinski definition) is 1. The van der Waals surface area contributed by atoms with Crippen LogP contribution in [0, 0.1) is 0 Å². The van der Waals surface area contributed by atoms with Crippen molar-refractivity contribution in [1.82, 2.24) is 0 Å². The first kappa shape index (κ1) is 10.3. The highest BCUT2D eigenvalue weighted by molar-refractivity contribution is 9.10. The van der Waals surface area contributed by atoms with Crippen molar-refractivity contribution >= 4 is 27.5 Å². The van der Waals surface area contributed by atoms with Crippen LogP contribution in [0.25, 0.3) is 0 Å². The van der Waals surface area contributed by atoms with Gasteiger partial charge < -0.3 is 5.32 Å². The van der Waals surface area contributed by atoms with Crippen LogP contribution in [0.3, 0.4) is 0 Å². The highest BCUT2D eigenvalue weighted by Crippen LogP contribution is 2.23. The molecule has 0 atom stereocenters. The highest BCUT2D eigenvalue weighted by Gasteiger charge is 2.01. The molecule has 1 N–H and O–H groups in total. The molecule has 0 aliphatic heterocycles. The number of carbonyl (C=O) groups is 1. The second kappa shape index (κ2) is 4.42. The molecule has 0 aliphatic carbocycles. The zero-order chi connectivity index (χ0) is 9.84. The third-order valence-corrected chi connectivity index (χ3v) is 2.41. The number of carbonyl (C=O) groups excluding carboxylic acids is 1. The topological polar surface area (TPSA) is 29.1 Å². The van der Waals surface area contributed by atoms with Crippen LogP contribution in [0.15, 0.2) is 22.7 Å². The van der Waals surface area contributed by atoms with Crippen LogP contribution in [0.1, 0.15) is 19.4 Å². The van der Waals surface area contributed by atoms with Crippen LogP contribution in [0.4, 0.5) is 5.69 Å². The number of hydrogen-bond acceptors (Lipinski definition) is 1. The second-order valence-electron chi connectivity index (χ2n) is 2.85. The Kier molecular flexibility index (Phi) is 3.48. The first-order valence-electron chi connectivity index (χ1n) is 4.19. The van der Waals surface area contributed by atoms with E-state index >= 15 is 0 Å². The number of amides is 1. The lowest BCUT2D eigenvalue weighted by Crippen LogP contribution is -2.06. The van der Waals surface area contributed by atoms with Gasteiger partial charge in [-0.15, -0.1) is 0 Å². The van der Waals surface area contributed by atoms with E-state index in [4.69, 9.17) is 0 Å². The lowest BCUT2D eigenvalue weighted by molar-refractivity contribution is -0.114. The molecule has 0 saturated heterocycles. The molecule has 1 amide bonds. The molecule has 1 aromatic rings. The third kappa shape index (κ3) is 2.84. The van der Waals surface area contributed by atoms with E-state index in [1.165, 1.54) is 12.5 Å². The Morgan fingerprint density at radius 2 is 2.23 bits per heavy atom. The van der Waals surface area contributed by atoms with Gasteiger partial charge in [0.15, 0.2) is 0 Å². The van der Waals surface area contributed by atoms with E-state index in [0.29, 0.717) is 0 Å². The van der Waals surface area contributed by atoms with E-state index < -0.39 is 0 Å². The number of halogens is 1. The molecule has 1 rings (SSSR count). The summed E-state index contributed by atoms with van der Waals surface area (Å²) < 4.78 is 0.932. The van der Waals surface area contributed by atoms with E-state index in [2.05, 4.69) is 28.2 Å². The molecule has 13 heavy (non-hydrogen) atoms. The molecule has 3 heteroatoms. The molecule has 0 unspecified atom stereocenters. The van der Waals surface area contributed by atoms with Gasteiger partial charge >= 0.3 is 0 Å². The van der Waals surface area contributed by atoms with E-state index in [0.717, 1.165) is 16.6 Å². The van der Waals surface area contributed by atoms with Gasteiger partial charge in [-0.1, -0.05) is 13.0 Å². The monoisotopic (exact) mass is 241 g/mol. The normalized spacial score (nSPS) is 9.77. The Morgan fingerprint density at radius 1 is 1.54 bits per heavy atom. The average molecular weight is 242 g/mol. The van der Waals surface area contributed by atoms with Crippen LogP contribution in [0.5, 0.6) is 0 Å². The van der Waals surface area contributed by atoms with Crippen molar-refractivity contribution < 1.29 is 4.79 Å². The molecule has 2 nitrogen and oxygen atoms in total. The van der Waals surface area contributed by atoms with Crippen molar-refractivity contribution in [2.75, 3.05) is 5.32 Å². The van der Waals surface area contributed by atoms with Crippen molar-refractivity contribution in [1.29, 1.82) is 0 Å². The highest BCUT2D eigenvalue weighted by atomic mass is 79.9. The van der Waals surface area contributed by atoms with Crippen LogP contribution < -0.4 is 5.32 Å². The summed E-state index contributed by atoms with van der Waals surface area (Å²) in [5.41, 5.74) is 2.07. The minimum atomic E-state index is -0.0510. The smallest absolute Gasteiger partial charge is 0.221 e. The van der Waals surface area contributed by atoms with Crippen molar-refractivity contribution in [2.45, 2.75) is 20.3 Å². The Bertz CT molecular complexity index is 323. The van der Waals surface area contributed by atoms with Gasteiger partial charge in [-0.05, 0) is 40.0 Å². The summed E-state index contributed by atoms with van der Waals surface area (Å²) in [6.45, 7) is 3.60. The first-order chi connectivity index (χ1) is 6.13. The van der Waals surface area contributed by atoms with Crippen LogP contribution in [-0.2, 0) is 11.2 Å². The van der Waals surface area contributed by atoms with Gasteiger partial charge in [0.2, 0.25) is 5.91 Å². The summed E-state index contributed by atoms with van der Waals surface area (Å²) in [7, 11) is 0. The Labute approximate surface area is 86.5 Å². The van der Waals surface area contributed by atoms with Gasteiger partial charge in [-0.3, -0.25) is 4.79 Å². The summed E-state index contributed by atoms with van der Waals surface area (Å²) in [6, 6.07) is 5.94. The fourth-order valence-electron chi connectivity index (χ4n) is 1.07. The number of aryl methyl sites for hydroxylation is 1. The van der Waals surface area contributed by atoms with E-state index in [1.54, 1.807) is 0 Å². The molecule has 0 radical (unpaired) electrons. The minimum Gasteiger partial charge on any atom is -0.325 e. The number of anilines is 1. The zero-order valence-corrected chi connectivity index (χ0v) is 9.31. The summed E-state index contributed by atoms with van der Waals surface area (Å²) in [5, 5.41) is 2.74. The largest absolute Gasteiger partial charge is 0.325 e. The fourth-order valence-corrected chi connectivity index (χ4v) is 1.59. The molecule has 0 fully saturated rings. The number of rotatable bonds is 2. The predicted molar refractivity (Wildman–Crippen MR) is 57.8 cm³/mol. The Balaban J connectivity index is 2.91. The molecule has 0 saturated carbocycles. The van der Waals surface area contributed by atoms with Gasteiger partial charge in [0.05, 0.1) is 5.69 Å². The maximum atomic E-state index is 10.8. The summed E-state index contributed by atoms with van der Waals surface area (Å²) >= 11 is 3.40. The zero-order valence-electron chi connectivity index (χ0n) is 7.73. The molecule has 70 valence electrons. The quantitative estimate of drug-likeness (QED) is 0.848. The van der Waals surface area contributed by atoms with Gasteiger partial charge in [-0.2, -0.15) is 0 Å². The molecule has 0 aliphatic rings. The molecule has 0 aromatic heterocycles. The van der Waals surface area contributed by atoms with E-state index in [-0.39, 0.29) is 5.91 Å². The lowest BCUT2D eigenvalue weighted by Gasteiger charge is -2.06. The van der Waals surface area contributed by atoms with Crippen molar-refractivity contribution in [2.24, 2.45) is 0 Å². The number of nitrogens with one attached hydrogen (secondary N) is 1. The van der Waals surface area contributed by atoms with Crippen molar-refractivity contribution in [3.63, 3.8) is 0 Å². The lowest BCUT2D eigenvalue weighted by atomic mass is 10.1. The molecule has 1 aromatic carbocycles. The standard InChI is InChI=1S/C10H12BrNO/c1-3-8-4-5-10(9(11)6-8)12-7(2)13/h4-6H,3H2,1-2H3,(H,12,13). The fraction of sp³-hybridized carbons (Fsp3) is 0.300. The SMILES string of the molecule is CCc1ccc(NC(C)=O)c(Br)c1. The maximum Gasteiger partial charge on any atom is 0.221 e. The molecular weight excluding hydrogens is 230 g/mol. The van der Waals surface area contributed by atoms with Crippen LogP contribution in [-0.4, -0.2) is 5.91 Å². The van der Waals surface area contributed by atoms with Crippen LogP contribution >= 0.6 is 15.9 Å². The molecule has 0 bridgehead atoms. The molecule has 0 heterocycles. The second-order valence-corrected chi connectivity index (χ2v) is 3.70. The first-order valence-corrected chi connectivity index (χ1v) is 4.98. The maximum absolute atomic E-state index is 10.8. The van der Waals surface area contributed by atoms with Gasteiger partial charge in [-0.25, -0.2) is 0 Å². The predicted octanol–water partition coefficient (Wildman–Crippen LogP) is 2.97. The van der Waals surface area contributed by atoms with Gasteiger partial charge in [0, 0.05) is 11.4 Å². The van der Waals surface area contributed by atoms with Crippen molar-refractivity contribution in [3.8, 4) is 0 Å². The molecule has 0 spiro atoms. The Morgan fingerprint density at radius 3 is 2.69 bits per heavy atom. The minimum absolute atomic E-state index is 0.0510.